The molecule has 0 bridgehead atoms. The van der Waals surface area contributed by atoms with E-state index in [2.05, 4.69) is 80.7 Å². The van der Waals surface area contributed by atoms with Gasteiger partial charge in [-0.2, -0.15) is 0 Å². The molecule has 0 fully saturated rings. The van der Waals surface area contributed by atoms with Crippen molar-refractivity contribution in [3.05, 3.63) is 74.6 Å². The number of hydrogen-bond donors (Lipinski definition) is 3. The highest BCUT2D eigenvalue weighted by atomic mass is 127. The van der Waals surface area contributed by atoms with Gasteiger partial charge < -0.3 is 31.0 Å². The fourth-order valence-electron chi connectivity index (χ4n) is 4.77. The molecule has 4 rings (SSSR count). The van der Waals surface area contributed by atoms with Crippen LogP contribution in [0, 0.1) is 17.4 Å². The van der Waals surface area contributed by atoms with E-state index in [1.807, 2.05) is 19.1 Å². The monoisotopic (exact) mass is 655 g/mol. The SMILES string of the molecule is COc1ccc(C)nc1Cn1c(NCCCN)nc2ccc(CN(CCCC(N)=O)c3cc(C)cc(I)c3)cc21. The van der Waals surface area contributed by atoms with Crippen LogP contribution in [0.15, 0.2) is 48.5 Å². The number of primary amides is 1. The predicted octanol–water partition coefficient (Wildman–Crippen LogP) is 4.74. The van der Waals surface area contributed by atoms with Crippen molar-refractivity contribution < 1.29 is 9.53 Å². The topological polar surface area (TPSA) is 124 Å². The molecule has 0 atom stereocenters. The van der Waals surface area contributed by atoms with Gasteiger partial charge in [0, 0.05) is 41.0 Å². The molecular weight excluding hydrogens is 617 g/mol. The highest BCUT2D eigenvalue weighted by Crippen LogP contribution is 2.28. The minimum absolute atomic E-state index is 0.279. The number of carbonyl (C=O) groups excluding carboxylic acids is 1. The number of carbonyl (C=O) groups is 1. The number of methoxy groups -OCH3 is 1. The Morgan fingerprint density at radius 2 is 1.93 bits per heavy atom. The first-order valence-electron chi connectivity index (χ1n) is 13.5. The predicted molar refractivity (Wildman–Crippen MR) is 170 cm³/mol. The zero-order valence-corrected chi connectivity index (χ0v) is 25.6. The fraction of sp³-hybridized carbons (Fsp3) is 0.367. The summed E-state index contributed by atoms with van der Waals surface area (Å²) in [5, 5.41) is 3.46. The van der Waals surface area contributed by atoms with E-state index in [0.29, 0.717) is 32.5 Å². The van der Waals surface area contributed by atoms with E-state index in [9.17, 15) is 4.79 Å². The number of pyridine rings is 1. The lowest BCUT2D eigenvalue weighted by Gasteiger charge is -2.26. The van der Waals surface area contributed by atoms with E-state index >= 15 is 0 Å². The summed E-state index contributed by atoms with van der Waals surface area (Å²) in [6.07, 6.45) is 1.89. The smallest absolute Gasteiger partial charge is 0.217 e. The third-order valence-corrected chi connectivity index (χ3v) is 7.32. The molecule has 0 aliphatic heterocycles. The van der Waals surface area contributed by atoms with E-state index < -0.39 is 0 Å². The van der Waals surface area contributed by atoms with E-state index in [1.165, 1.54) is 9.13 Å². The van der Waals surface area contributed by atoms with Gasteiger partial charge in [0.15, 0.2) is 0 Å². The molecule has 5 N–H and O–H groups in total. The number of aryl methyl sites for hydroxylation is 2. The average Bonchev–Trinajstić information content (AvgIpc) is 3.24. The van der Waals surface area contributed by atoms with Gasteiger partial charge in [0.2, 0.25) is 11.9 Å². The second-order valence-corrected chi connectivity index (χ2v) is 11.2. The fourth-order valence-corrected chi connectivity index (χ4v) is 5.58. The Morgan fingerprint density at radius 1 is 1.10 bits per heavy atom. The molecule has 0 radical (unpaired) electrons. The first-order chi connectivity index (χ1) is 19.3. The van der Waals surface area contributed by atoms with Crippen molar-refractivity contribution in [2.24, 2.45) is 11.5 Å². The van der Waals surface area contributed by atoms with Crippen molar-refractivity contribution >= 4 is 51.2 Å². The van der Waals surface area contributed by atoms with Crippen LogP contribution < -0.4 is 26.4 Å². The molecule has 4 aromatic rings. The first kappa shape index (κ1) is 29.6. The second-order valence-electron chi connectivity index (χ2n) is 9.99. The van der Waals surface area contributed by atoms with Crippen LogP contribution in [-0.2, 0) is 17.9 Å². The molecule has 0 aliphatic carbocycles. The van der Waals surface area contributed by atoms with Crippen LogP contribution in [0.4, 0.5) is 11.6 Å². The molecule has 1 amide bonds. The van der Waals surface area contributed by atoms with Crippen LogP contribution in [0.2, 0.25) is 0 Å². The van der Waals surface area contributed by atoms with Gasteiger partial charge in [0.25, 0.3) is 0 Å². The van der Waals surface area contributed by atoms with E-state index in [1.54, 1.807) is 7.11 Å². The van der Waals surface area contributed by atoms with Gasteiger partial charge in [-0.15, -0.1) is 0 Å². The van der Waals surface area contributed by atoms with Gasteiger partial charge in [-0.25, -0.2) is 4.98 Å². The molecule has 2 aromatic carbocycles. The number of amides is 1. The van der Waals surface area contributed by atoms with E-state index in [0.717, 1.165) is 64.9 Å². The number of anilines is 2. The number of nitrogens with zero attached hydrogens (tertiary/aromatic N) is 4. The quantitative estimate of drug-likeness (QED) is 0.132. The number of rotatable bonds is 14. The number of ether oxygens (including phenoxy) is 1. The van der Waals surface area contributed by atoms with Crippen LogP contribution in [-0.4, -0.2) is 47.2 Å². The molecule has 10 heteroatoms. The van der Waals surface area contributed by atoms with Gasteiger partial charge in [-0.3, -0.25) is 9.78 Å². The maximum absolute atomic E-state index is 11.4. The zero-order chi connectivity index (χ0) is 28.6. The summed E-state index contributed by atoms with van der Waals surface area (Å²) in [5.74, 6) is 1.24. The van der Waals surface area contributed by atoms with Crippen molar-refractivity contribution in [3.63, 3.8) is 0 Å². The lowest BCUT2D eigenvalue weighted by Crippen LogP contribution is -2.25. The Morgan fingerprint density at radius 3 is 2.65 bits per heavy atom. The molecule has 0 spiro atoms. The van der Waals surface area contributed by atoms with Crippen molar-refractivity contribution in [3.8, 4) is 5.75 Å². The number of nitrogens with one attached hydrogen (secondary N) is 1. The highest BCUT2D eigenvalue weighted by Gasteiger charge is 2.17. The summed E-state index contributed by atoms with van der Waals surface area (Å²) in [6.45, 7) is 7.32. The molecule has 40 heavy (non-hydrogen) atoms. The Labute approximate surface area is 249 Å². The van der Waals surface area contributed by atoms with Crippen LogP contribution in [0.5, 0.6) is 5.75 Å². The number of hydrogen-bond acceptors (Lipinski definition) is 7. The van der Waals surface area contributed by atoms with Gasteiger partial charge in [-0.1, -0.05) is 6.07 Å². The first-order valence-corrected chi connectivity index (χ1v) is 14.6. The van der Waals surface area contributed by atoms with Crippen molar-refractivity contribution in [2.75, 3.05) is 37.0 Å². The standard InChI is InChI=1S/C30H38IN7O2/c1-20-14-23(31)17-24(15-20)37(13-4-6-29(33)39)18-22-8-9-25-27(16-22)38(30(36-25)34-12-5-11-32)19-26-28(40-3)10-7-21(2)35-26/h7-10,14-17H,4-6,11-13,18-19,32H2,1-3H3,(H2,33,39)(H,34,36). The van der Waals surface area contributed by atoms with Gasteiger partial charge in [-0.05, 0) is 109 Å². The molecule has 0 unspecified atom stereocenters. The molecule has 9 nitrogen and oxygen atoms in total. The maximum atomic E-state index is 11.4. The van der Waals surface area contributed by atoms with Crippen molar-refractivity contribution in [1.29, 1.82) is 0 Å². The largest absolute Gasteiger partial charge is 0.495 e. The summed E-state index contributed by atoms with van der Waals surface area (Å²) >= 11 is 2.35. The highest BCUT2D eigenvalue weighted by molar-refractivity contribution is 14.1. The number of fused-ring (bicyclic) bond motifs is 1. The zero-order valence-electron chi connectivity index (χ0n) is 23.4. The van der Waals surface area contributed by atoms with Crippen molar-refractivity contribution in [1.82, 2.24) is 14.5 Å². The van der Waals surface area contributed by atoms with Crippen LogP contribution in [0.1, 0.15) is 41.8 Å². The summed E-state index contributed by atoms with van der Waals surface area (Å²) in [4.78, 5) is 23.4. The third kappa shape index (κ3) is 7.63. The Balaban J connectivity index is 1.72. The lowest BCUT2D eigenvalue weighted by molar-refractivity contribution is -0.118. The number of nitrogens with two attached hydrogens (primary N) is 2. The number of halogens is 1. The number of benzene rings is 2. The summed E-state index contributed by atoms with van der Waals surface area (Å²) < 4.78 is 8.96. The molecule has 2 heterocycles. The summed E-state index contributed by atoms with van der Waals surface area (Å²) in [7, 11) is 1.67. The van der Waals surface area contributed by atoms with Crippen LogP contribution in [0.25, 0.3) is 11.0 Å². The lowest BCUT2D eigenvalue weighted by atomic mass is 10.1. The number of imidazole rings is 1. The summed E-state index contributed by atoms with van der Waals surface area (Å²) in [6, 6.07) is 16.8. The normalized spacial score (nSPS) is 11.1. The molecule has 0 aliphatic rings. The Kier molecular flexibility index (Phi) is 10.2. The van der Waals surface area contributed by atoms with Gasteiger partial charge >= 0.3 is 0 Å². The van der Waals surface area contributed by atoms with Crippen molar-refractivity contribution in [2.45, 2.75) is 46.2 Å². The molecule has 2 aromatic heterocycles. The van der Waals surface area contributed by atoms with E-state index in [4.69, 9.17) is 26.2 Å². The van der Waals surface area contributed by atoms with E-state index in [-0.39, 0.29) is 5.91 Å². The maximum Gasteiger partial charge on any atom is 0.217 e. The van der Waals surface area contributed by atoms with Gasteiger partial charge in [0.1, 0.15) is 11.4 Å². The average molecular weight is 656 g/mol. The molecular formula is C30H38IN7O2. The third-order valence-electron chi connectivity index (χ3n) is 6.69. The molecule has 0 saturated carbocycles. The minimum Gasteiger partial charge on any atom is -0.495 e. The molecule has 0 saturated heterocycles. The van der Waals surface area contributed by atoms with Gasteiger partial charge in [0.05, 0.1) is 24.7 Å². The minimum atomic E-state index is -0.279. The van der Waals surface area contributed by atoms with Crippen LogP contribution in [0.3, 0.4) is 0 Å². The Bertz CT molecular complexity index is 1450. The van der Waals surface area contributed by atoms with Crippen LogP contribution >= 0.6 is 22.6 Å². The second kappa shape index (κ2) is 13.8. The molecule has 212 valence electrons. The number of aromatic nitrogens is 3. The summed E-state index contributed by atoms with van der Waals surface area (Å²) in [5.41, 5.74) is 18.3. The Hall–Kier alpha value is -3.38.